The van der Waals surface area contributed by atoms with Gasteiger partial charge in [-0.3, -0.25) is 4.79 Å². The third kappa shape index (κ3) is 4.64. The van der Waals surface area contributed by atoms with Crippen LogP contribution in [-0.4, -0.2) is 35.1 Å². The molecule has 1 aliphatic heterocycles. The van der Waals surface area contributed by atoms with Gasteiger partial charge < -0.3 is 20.1 Å². The molecular weight excluding hydrogens is 351 g/mol. The number of nitrogens with one attached hydrogen (secondary N) is 2. The highest BCUT2D eigenvalue weighted by Gasteiger charge is 2.34. The second kappa shape index (κ2) is 8.20. The molecule has 2 aromatic rings. The highest BCUT2D eigenvalue weighted by atomic mass is 19.1. The van der Waals surface area contributed by atoms with Gasteiger partial charge in [-0.1, -0.05) is 31.1 Å². The second-order valence-electron chi connectivity index (χ2n) is 6.98. The number of nitrogens with zero attached hydrogens (tertiary/aromatic N) is 2. The normalized spacial score (nSPS) is 17.1. The largest absolute Gasteiger partial charge is 0.359 e. The van der Waals surface area contributed by atoms with Gasteiger partial charge in [0.2, 0.25) is 5.91 Å². The Morgan fingerprint density at radius 1 is 1.44 bits per heavy atom. The molecule has 2 N–H and O–H groups in total. The van der Waals surface area contributed by atoms with Gasteiger partial charge in [0.05, 0.1) is 12.2 Å². The number of benzene rings is 1. The second-order valence-corrected chi connectivity index (χ2v) is 6.98. The lowest BCUT2D eigenvalue weighted by Crippen LogP contribution is -2.54. The fourth-order valence-electron chi connectivity index (χ4n) is 3.11. The number of halogens is 1. The van der Waals surface area contributed by atoms with Gasteiger partial charge in [0.15, 0.2) is 5.76 Å². The van der Waals surface area contributed by atoms with Crippen molar-refractivity contribution in [3.05, 3.63) is 53.2 Å². The summed E-state index contributed by atoms with van der Waals surface area (Å²) in [5.74, 6) is 0.214. The van der Waals surface area contributed by atoms with E-state index in [-0.39, 0.29) is 12.5 Å². The summed E-state index contributed by atoms with van der Waals surface area (Å²) in [7, 11) is 0. The lowest BCUT2D eigenvalue weighted by Gasteiger charge is -2.35. The summed E-state index contributed by atoms with van der Waals surface area (Å²) in [6, 6.07) is 6.24. The summed E-state index contributed by atoms with van der Waals surface area (Å²) < 4.78 is 18.8. The molecule has 2 heterocycles. The summed E-state index contributed by atoms with van der Waals surface area (Å²) in [6.07, 6.45) is 0.797. The summed E-state index contributed by atoms with van der Waals surface area (Å²) in [4.78, 5) is 26.4. The van der Waals surface area contributed by atoms with Crippen molar-refractivity contribution in [2.75, 3.05) is 13.1 Å². The van der Waals surface area contributed by atoms with Crippen molar-refractivity contribution in [3.8, 4) is 0 Å². The zero-order valence-corrected chi connectivity index (χ0v) is 15.4. The maximum atomic E-state index is 13.6. The van der Waals surface area contributed by atoms with E-state index in [0.29, 0.717) is 30.3 Å². The van der Waals surface area contributed by atoms with Gasteiger partial charge in [-0.05, 0) is 30.0 Å². The zero-order chi connectivity index (χ0) is 19.4. The van der Waals surface area contributed by atoms with E-state index in [0.717, 1.165) is 12.1 Å². The van der Waals surface area contributed by atoms with Gasteiger partial charge >= 0.3 is 6.03 Å². The first-order valence-electron chi connectivity index (χ1n) is 8.96. The van der Waals surface area contributed by atoms with Gasteiger partial charge in [-0.2, -0.15) is 0 Å². The number of rotatable bonds is 5. The Balaban J connectivity index is 1.68. The van der Waals surface area contributed by atoms with E-state index in [1.807, 2.05) is 6.07 Å². The van der Waals surface area contributed by atoms with Gasteiger partial charge in [0, 0.05) is 19.2 Å². The third-order valence-corrected chi connectivity index (χ3v) is 4.28. The SMILES string of the molecule is CC(C)Cc1cc(CNC(=O)N2CCNC(=O)C2c2cccc(F)c2)on1. The molecule has 1 atom stereocenters. The molecule has 1 aromatic heterocycles. The van der Waals surface area contributed by atoms with Gasteiger partial charge in [0.25, 0.3) is 0 Å². The van der Waals surface area contributed by atoms with Crippen LogP contribution in [0.1, 0.15) is 36.9 Å². The molecule has 1 unspecified atom stereocenters. The molecule has 0 saturated carbocycles. The molecule has 0 radical (unpaired) electrons. The Morgan fingerprint density at radius 3 is 3.00 bits per heavy atom. The Morgan fingerprint density at radius 2 is 2.26 bits per heavy atom. The average molecular weight is 374 g/mol. The average Bonchev–Trinajstić information content (AvgIpc) is 3.06. The Hall–Kier alpha value is -2.90. The van der Waals surface area contributed by atoms with Crippen LogP contribution in [0.2, 0.25) is 0 Å². The van der Waals surface area contributed by atoms with Gasteiger partial charge in [-0.15, -0.1) is 0 Å². The lowest BCUT2D eigenvalue weighted by atomic mass is 10.0. The van der Waals surface area contributed by atoms with Crippen LogP contribution < -0.4 is 10.6 Å². The third-order valence-electron chi connectivity index (χ3n) is 4.28. The molecule has 1 aromatic carbocycles. The minimum Gasteiger partial charge on any atom is -0.359 e. The number of carbonyl (C=O) groups excluding carboxylic acids is 2. The topological polar surface area (TPSA) is 87.5 Å². The van der Waals surface area contributed by atoms with Crippen LogP contribution in [0.5, 0.6) is 0 Å². The van der Waals surface area contributed by atoms with Crippen molar-refractivity contribution in [2.24, 2.45) is 5.92 Å². The lowest BCUT2D eigenvalue weighted by molar-refractivity contribution is -0.127. The molecule has 3 amide bonds. The molecule has 144 valence electrons. The van der Waals surface area contributed by atoms with E-state index in [2.05, 4.69) is 29.6 Å². The maximum absolute atomic E-state index is 13.6. The summed E-state index contributed by atoms with van der Waals surface area (Å²) in [5, 5.41) is 9.45. The van der Waals surface area contributed by atoms with Crippen molar-refractivity contribution in [1.82, 2.24) is 20.7 Å². The van der Waals surface area contributed by atoms with Crippen molar-refractivity contribution in [3.63, 3.8) is 0 Å². The van der Waals surface area contributed by atoms with E-state index in [1.165, 1.54) is 23.1 Å². The predicted molar refractivity (Wildman–Crippen MR) is 96.1 cm³/mol. The molecule has 7 nitrogen and oxygen atoms in total. The van der Waals surface area contributed by atoms with Crippen LogP contribution in [0.25, 0.3) is 0 Å². The predicted octanol–water partition coefficient (Wildman–Crippen LogP) is 2.39. The van der Waals surface area contributed by atoms with E-state index in [4.69, 9.17) is 4.52 Å². The van der Waals surface area contributed by atoms with Crippen LogP contribution in [0.3, 0.4) is 0 Å². The Bertz CT molecular complexity index is 821. The number of carbonyl (C=O) groups is 2. The van der Waals surface area contributed by atoms with Crippen LogP contribution in [0.15, 0.2) is 34.9 Å². The van der Waals surface area contributed by atoms with Crippen LogP contribution in [0, 0.1) is 11.7 Å². The molecule has 1 aliphatic rings. The molecule has 27 heavy (non-hydrogen) atoms. The summed E-state index contributed by atoms with van der Waals surface area (Å²) in [6.45, 7) is 5.01. The minimum atomic E-state index is -0.874. The quantitative estimate of drug-likeness (QED) is 0.841. The first-order valence-corrected chi connectivity index (χ1v) is 8.96. The van der Waals surface area contributed by atoms with Gasteiger partial charge in [0.1, 0.15) is 11.9 Å². The zero-order valence-electron chi connectivity index (χ0n) is 15.4. The smallest absolute Gasteiger partial charge is 0.318 e. The molecule has 0 aliphatic carbocycles. The molecular formula is C19H23FN4O3. The number of amides is 3. The molecule has 0 spiro atoms. The number of hydrogen-bond donors (Lipinski definition) is 2. The first kappa shape index (κ1) is 18.9. The van der Waals surface area contributed by atoms with Crippen molar-refractivity contribution >= 4 is 11.9 Å². The van der Waals surface area contributed by atoms with Crippen LogP contribution in [-0.2, 0) is 17.8 Å². The molecule has 0 bridgehead atoms. The number of piperazine rings is 1. The van der Waals surface area contributed by atoms with E-state index >= 15 is 0 Å². The summed E-state index contributed by atoms with van der Waals surface area (Å²) in [5.41, 5.74) is 1.27. The number of urea groups is 1. The van der Waals surface area contributed by atoms with E-state index in [9.17, 15) is 14.0 Å². The molecule has 8 heteroatoms. The van der Waals surface area contributed by atoms with Crippen molar-refractivity contribution < 1.29 is 18.5 Å². The van der Waals surface area contributed by atoms with E-state index in [1.54, 1.807) is 6.07 Å². The number of aromatic nitrogens is 1. The summed E-state index contributed by atoms with van der Waals surface area (Å²) >= 11 is 0. The molecule has 1 fully saturated rings. The van der Waals surface area contributed by atoms with E-state index < -0.39 is 17.9 Å². The fourth-order valence-corrected chi connectivity index (χ4v) is 3.11. The monoisotopic (exact) mass is 374 g/mol. The highest BCUT2D eigenvalue weighted by Crippen LogP contribution is 2.24. The maximum Gasteiger partial charge on any atom is 0.318 e. The van der Waals surface area contributed by atoms with Gasteiger partial charge in [-0.25, -0.2) is 9.18 Å². The molecule has 1 saturated heterocycles. The first-order chi connectivity index (χ1) is 12.9. The Labute approximate surface area is 156 Å². The fraction of sp³-hybridized carbons (Fsp3) is 0.421. The van der Waals surface area contributed by atoms with Crippen molar-refractivity contribution in [1.29, 1.82) is 0 Å². The van der Waals surface area contributed by atoms with Crippen LogP contribution >= 0.6 is 0 Å². The number of hydrogen-bond acceptors (Lipinski definition) is 4. The minimum absolute atomic E-state index is 0.165. The van der Waals surface area contributed by atoms with Crippen LogP contribution in [0.4, 0.5) is 9.18 Å². The standard InChI is InChI=1S/C19H23FN4O3/c1-12(2)8-15-10-16(27-23-15)11-22-19(26)24-7-6-21-18(25)17(24)13-4-3-5-14(20)9-13/h3-5,9-10,12,17H,6-8,11H2,1-2H3,(H,21,25)(H,22,26). The highest BCUT2D eigenvalue weighted by molar-refractivity contribution is 5.89. The molecule has 3 rings (SSSR count). The van der Waals surface area contributed by atoms with Crippen molar-refractivity contribution in [2.45, 2.75) is 32.9 Å². The Kier molecular flexibility index (Phi) is 5.73.